The summed E-state index contributed by atoms with van der Waals surface area (Å²) in [4.78, 5) is 16.8. The fourth-order valence-electron chi connectivity index (χ4n) is 2.18. The van der Waals surface area contributed by atoms with Gasteiger partial charge in [0, 0.05) is 38.1 Å². The number of aromatic nitrogens is 1. The van der Waals surface area contributed by atoms with E-state index in [0.29, 0.717) is 6.42 Å². The van der Waals surface area contributed by atoms with Crippen molar-refractivity contribution in [3.63, 3.8) is 0 Å². The minimum atomic E-state index is -0.758. The van der Waals surface area contributed by atoms with Gasteiger partial charge in [0.2, 0.25) is 0 Å². The van der Waals surface area contributed by atoms with Gasteiger partial charge in [0.25, 0.3) is 0 Å². The Morgan fingerprint density at radius 2 is 1.90 bits per heavy atom. The van der Waals surface area contributed by atoms with Crippen molar-refractivity contribution in [1.29, 1.82) is 0 Å². The van der Waals surface area contributed by atoms with Gasteiger partial charge in [-0.05, 0) is 48.2 Å². The van der Waals surface area contributed by atoms with E-state index in [9.17, 15) is 4.79 Å². The van der Waals surface area contributed by atoms with Crippen molar-refractivity contribution in [2.45, 2.75) is 19.3 Å². The second-order valence-electron chi connectivity index (χ2n) is 5.09. The third kappa shape index (κ3) is 4.91. The first-order chi connectivity index (χ1) is 10.1. The van der Waals surface area contributed by atoms with Crippen molar-refractivity contribution in [1.82, 2.24) is 4.98 Å². The number of carboxylic acids is 1. The smallest absolute Gasteiger partial charge is 0.303 e. The summed E-state index contributed by atoms with van der Waals surface area (Å²) in [5, 5.41) is 8.75. The van der Waals surface area contributed by atoms with Crippen LogP contribution in [0.25, 0.3) is 0 Å². The highest BCUT2D eigenvalue weighted by molar-refractivity contribution is 5.67. The molecule has 1 heterocycles. The molecule has 0 atom stereocenters. The molecule has 0 saturated heterocycles. The Morgan fingerprint density at radius 1 is 1.14 bits per heavy atom. The Kier molecular flexibility index (Phi) is 5.32. The van der Waals surface area contributed by atoms with Crippen LogP contribution in [0.4, 0.5) is 5.69 Å². The number of hydrogen-bond acceptors (Lipinski definition) is 3. The maximum Gasteiger partial charge on any atom is 0.303 e. The van der Waals surface area contributed by atoms with E-state index in [-0.39, 0.29) is 6.42 Å². The Balaban J connectivity index is 1.94. The molecule has 21 heavy (non-hydrogen) atoms. The van der Waals surface area contributed by atoms with Gasteiger partial charge in [-0.1, -0.05) is 12.1 Å². The largest absolute Gasteiger partial charge is 0.481 e. The lowest BCUT2D eigenvalue weighted by Gasteiger charge is -2.20. The quantitative estimate of drug-likeness (QED) is 0.849. The number of aryl methyl sites for hydroxylation is 1. The van der Waals surface area contributed by atoms with Gasteiger partial charge in [-0.2, -0.15) is 0 Å². The first-order valence-electron chi connectivity index (χ1n) is 7.06. The molecule has 0 aliphatic rings. The second-order valence-corrected chi connectivity index (χ2v) is 5.09. The summed E-state index contributed by atoms with van der Waals surface area (Å²) >= 11 is 0. The monoisotopic (exact) mass is 284 g/mol. The van der Waals surface area contributed by atoms with Crippen LogP contribution in [0.2, 0.25) is 0 Å². The van der Waals surface area contributed by atoms with Gasteiger partial charge in [0.05, 0.1) is 0 Å². The molecule has 0 unspecified atom stereocenters. The van der Waals surface area contributed by atoms with E-state index in [1.54, 1.807) is 0 Å². The van der Waals surface area contributed by atoms with Crippen molar-refractivity contribution in [2.24, 2.45) is 0 Å². The fourth-order valence-corrected chi connectivity index (χ4v) is 2.18. The van der Waals surface area contributed by atoms with Gasteiger partial charge < -0.3 is 10.0 Å². The summed E-state index contributed by atoms with van der Waals surface area (Å²) in [7, 11) is 2.05. The van der Waals surface area contributed by atoms with E-state index in [2.05, 4.69) is 29.1 Å². The third-order valence-corrected chi connectivity index (χ3v) is 3.46. The van der Waals surface area contributed by atoms with Gasteiger partial charge in [-0.3, -0.25) is 9.78 Å². The van der Waals surface area contributed by atoms with Gasteiger partial charge in [0.1, 0.15) is 0 Å². The lowest BCUT2D eigenvalue weighted by Crippen LogP contribution is -2.20. The molecule has 4 heteroatoms. The SMILES string of the molecule is CN(CCc1ccncc1)c1cccc(CCC(=O)O)c1. The van der Waals surface area contributed by atoms with Crippen LogP contribution in [-0.2, 0) is 17.6 Å². The number of pyridine rings is 1. The molecule has 0 aliphatic carbocycles. The molecule has 0 amide bonds. The molecule has 0 fully saturated rings. The molecule has 1 aromatic heterocycles. The molecule has 110 valence electrons. The Labute approximate surface area is 125 Å². The molecule has 4 nitrogen and oxygen atoms in total. The fraction of sp³-hybridized carbons (Fsp3) is 0.294. The van der Waals surface area contributed by atoms with Crippen LogP contribution in [0.15, 0.2) is 48.8 Å². The lowest BCUT2D eigenvalue weighted by molar-refractivity contribution is -0.136. The highest BCUT2D eigenvalue weighted by Crippen LogP contribution is 2.16. The average Bonchev–Trinajstić information content (AvgIpc) is 2.52. The standard InChI is InChI=1S/C17H20N2O2/c1-19(12-9-14-7-10-18-11-8-14)16-4-2-3-15(13-16)5-6-17(20)21/h2-4,7-8,10-11,13H,5-6,9,12H2,1H3,(H,20,21). The van der Waals surface area contributed by atoms with Crippen LogP contribution in [0.1, 0.15) is 17.5 Å². The Bertz CT molecular complexity index is 584. The van der Waals surface area contributed by atoms with Crippen molar-refractivity contribution in [3.05, 3.63) is 59.9 Å². The lowest BCUT2D eigenvalue weighted by atomic mass is 10.1. The highest BCUT2D eigenvalue weighted by Gasteiger charge is 2.04. The molecule has 1 N–H and O–H groups in total. The zero-order chi connectivity index (χ0) is 15.1. The topological polar surface area (TPSA) is 53.4 Å². The number of likely N-dealkylation sites (N-methyl/N-ethyl adjacent to an activating group) is 1. The second kappa shape index (κ2) is 7.43. The number of carbonyl (C=O) groups is 1. The van der Waals surface area contributed by atoms with E-state index in [1.807, 2.05) is 36.7 Å². The zero-order valence-electron chi connectivity index (χ0n) is 12.2. The summed E-state index contributed by atoms with van der Waals surface area (Å²) < 4.78 is 0. The maximum atomic E-state index is 10.6. The number of rotatable bonds is 7. The number of aliphatic carboxylic acids is 1. The molecule has 0 saturated carbocycles. The number of nitrogens with zero attached hydrogens (tertiary/aromatic N) is 2. The first-order valence-corrected chi connectivity index (χ1v) is 7.06. The summed E-state index contributed by atoms with van der Waals surface area (Å²) in [6.07, 6.45) is 5.31. The Morgan fingerprint density at radius 3 is 2.62 bits per heavy atom. The summed E-state index contributed by atoms with van der Waals surface area (Å²) in [6.45, 7) is 0.909. The van der Waals surface area contributed by atoms with Gasteiger partial charge in [-0.25, -0.2) is 0 Å². The molecule has 2 rings (SSSR count). The van der Waals surface area contributed by atoms with Crippen LogP contribution in [-0.4, -0.2) is 29.7 Å². The average molecular weight is 284 g/mol. The van der Waals surface area contributed by atoms with Crippen LogP contribution in [0, 0.1) is 0 Å². The molecule has 0 bridgehead atoms. The van der Waals surface area contributed by atoms with Crippen molar-refractivity contribution in [3.8, 4) is 0 Å². The number of benzene rings is 1. The minimum absolute atomic E-state index is 0.171. The van der Waals surface area contributed by atoms with E-state index in [1.165, 1.54) is 5.56 Å². The van der Waals surface area contributed by atoms with E-state index in [0.717, 1.165) is 24.2 Å². The van der Waals surface area contributed by atoms with E-state index in [4.69, 9.17) is 5.11 Å². The predicted octanol–water partition coefficient (Wildman–Crippen LogP) is 2.78. The first kappa shape index (κ1) is 15.0. The predicted molar refractivity (Wildman–Crippen MR) is 83.6 cm³/mol. The third-order valence-electron chi connectivity index (χ3n) is 3.46. The van der Waals surface area contributed by atoms with Gasteiger partial charge >= 0.3 is 5.97 Å². The van der Waals surface area contributed by atoms with Crippen molar-refractivity contribution in [2.75, 3.05) is 18.5 Å². The summed E-state index contributed by atoms with van der Waals surface area (Å²) in [5.74, 6) is -0.758. The van der Waals surface area contributed by atoms with Crippen LogP contribution in [0.3, 0.4) is 0 Å². The van der Waals surface area contributed by atoms with Gasteiger partial charge in [0.15, 0.2) is 0 Å². The van der Waals surface area contributed by atoms with E-state index < -0.39 is 5.97 Å². The van der Waals surface area contributed by atoms with Crippen LogP contribution in [0.5, 0.6) is 0 Å². The molecule has 2 aromatic rings. The number of anilines is 1. The number of hydrogen-bond donors (Lipinski definition) is 1. The zero-order valence-corrected chi connectivity index (χ0v) is 12.2. The van der Waals surface area contributed by atoms with Crippen molar-refractivity contribution >= 4 is 11.7 Å². The minimum Gasteiger partial charge on any atom is -0.481 e. The molecule has 1 aromatic carbocycles. The van der Waals surface area contributed by atoms with Crippen molar-refractivity contribution < 1.29 is 9.90 Å². The van der Waals surface area contributed by atoms with Crippen LogP contribution < -0.4 is 4.90 Å². The van der Waals surface area contributed by atoms with Gasteiger partial charge in [-0.15, -0.1) is 0 Å². The molecule has 0 spiro atoms. The maximum absolute atomic E-state index is 10.6. The number of carboxylic acid groups (broad SMARTS) is 1. The normalized spacial score (nSPS) is 10.3. The van der Waals surface area contributed by atoms with E-state index >= 15 is 0 Å². The molecular formula is C17H20N2O2. The summed E-state index contributed by atoms with van der Waals surface area (Å²) in [5.41, 5.74) is 3.44. The Hall–Kier alpha value is -2.36. The molecule has 0 aliphatic heterocycles. The summed E-state index contributed by atoms with van der Waals surface area (Å²) in [6, 6.07) is 12.1. The highest BCUT2D eigenvalue weighted by atomic mass is 16.4. The molecule has 0 radical (unpaired) electrons. The van der Waals surface area contributed by atoms with Crippen LogP contribution >= 0.6 is 0 Å². The molecular weight excluding hydrogens is 264 g/mol.